The van der Waals surface area contributed by atoms with Gasteiger partial charge in [-0.15, -0.1) is 0 Å². The molecule has 9 heteroatoms. The first kappa shape index (κ1) is 15.3. The summed E-state index contributed by atoms with van der Waals surface area (Å²) >= 11 is 0. The molecule has 0 radical (unpaired) electrons. The highest BCUT2D eigenvalue weighted by molar-refractivity contribution is 5.70. The fourth-order valence-electron chi connectivity index (χ4n) is 2.41. The number of alkyl halides is 3. The highest BCUT2D eigenvalue weighted by Crippen LogP contribution is 2.30. The monoisotopic (exact) mass is 348 g/mol. The quantitative estimate of drug-likeness (QED) is 0.509. The van der Waals surface area contributed by atoms with E-state index < -0.39 is 17.7 Å². The van der Waals surface area contributed by atoms with Gasteiger partial charge in [-0.3, -0.25) is 0 Å². The molecule has 0 atom stereocenters. The molecule has 0 aliphatic carbocycles. The standard InChI is InChI=1S/C16H8F4N4O/c17-11-4-3-9(6-10(11)13-2-1-5-25-13)12-7-21-15-23-14(16(18,19)20)8-22-24(12)15/h1-8H. The van der Waals surface area contributed by atoms with Crippen LogP contribution in [0.1, 0.15) is 5.69 Å². The molecule has 0 aliphatic rings. The van der Waals surface area contributed by atoms with E-state index >= 15 is 0 Å². The van der Waals surface area contributed by atoms with Gasteiger partial charge >= 0.3 is 6.18 Å². The van der Waals surface area contributed by atoms with Crippen molar-refractivity contribution in [1.82, 2.24) is 19.6 Å². The van der Waals surface area contributed by atoms with Gasteiger partial charge in [0.2, 0.25) is 0 Å². The van der Waals surface area contributed by atoms with Crippen molar-refractivity contribution in [2.45, 2.75) is 6.18 Å². The smallest absolute Gasteiger partial charge is 0.435 e. The van der Waals surface area contributed by atoms with Crippen LogP contribution in [0, 0.1) is 5.82 Å². The summed E-state index contributed by atoms with van der Waals surface area (Å²) in [6.45, 7) is 0. The van der Waals surface area contributed by atoms with Gasteiger partial charge in [0.05, 0.1) is 29.9 Å². The van der Waals surface area contributed by atoms with Crippen molar-refractivity contribution in [2.24, 2.45) is 0 Å². The summed E-state index contributed by atoms with van der Waals surface area (Å²) < 4.78 is 58.5. The van der Waals surface area contributed by atoms with Crippen LogP contribution < -0.4 is 0 Å². The van der Waals surface area contributed by atoms with Gasteiger partial charge < -0.3 is 4.42 Å². The molecule has 0 fully saturated rings. The lowest BCUT2D eigenvalue weighted by atomic mass is 10.1. The van der Waals surface area contributed by atoms with Crippen molar-refractivity contribution in [1.29, 1.82) is 0 Å². The Hall–Kier alpha value is -3.23. The number of aromatic nitrogens is 4. The maximum absolute atomic E-state index is 14.0. The number of rotatable bonds is 2. The van der Waals surface area contributed by atoms with Crippen LogP contribution >= 0.6 is 0 Å². The fraction of sp³-hybridized carbons (Fsp3) is 0.0625. The van der Waals surface area contributed by atoms with E-state index in [1.54, 1.807) is 12.1 Å². The number of halogens is 4. The predicted octanol–water partition coefficient (Wildman–Crippen LogP) is 4.21. The van der Waals surface area contributed by atoms with Crippen LogP contribution in [0.3, 0.4) is 0 Å². The molecular weight excluding hydrogens is 340 g/mol. The number of hydrogen-bond donors (Lipinski definition) is 0. The predicted molar refractivity (Wildman–Crippen MR) is 78.9 cm³/mol. The Balaban J connectivity index is 1.84. The number of hydrogen-bond acceptors (Lipinski definition) is 4. The summed E-state index contributed by atoms with van der Waals surface area (Å²) in [6.07, 6.45) is -1.24. The van der Waals surface area contributed by atoms with Crippen molar-refractivity contribution in [3.8, 4) is 22.6 Å². The third-order valence-corrected chi connectivity index (χ3v) is 3.58. The molecule has 0 aliphatic heterocycles. The summed E-state index contributed by atoms with van der Waals surface area (Å²) in [4.78, 5) is 7.31. The third-order valence-electron chi connectivity index (χ3n) is 3.58. The molecule has 0 unspecified atom stereocenters. The lowest BCUT2D eigenvalue weighted by Gasteiger charge is -2.06. The van der Waals surface area contributed by atoms with Crippen LogP contribution in [0.5, 0.6) is 0 Å². The maximum Gasteiger partial charge on any atom is 0.435 e. The van der Waals surface area contributed by atoms with Gasteiger partial charge in [0.25, 0.3) is 5.78 Å². The highest BCUT2D eigenvalue weighted by atomic mass is 19.4. The molecule has 0 saturated carbocycles. The SMILES string of the molecule is Fc1ccc(-c2cnc3nc(C(F)(F)F)cnn23)cc1-c1ccco1. The molecular formula is C16H8F4N4O. The molecule has 0 saturated heterocycles. The van der Waals surface area contributed by atoms with E-state index in [0.29, 0.717) is 23.2 Å². The van der Waals surface area contributed by atoms with Gasteiger partial charge in [0.15, 0.2) is 5.69 Å². The second kappa shape index (κ2) is 5.40. The second-order valence-corrected chi connectivity index (χ2v) is 5.17. The summed E-state index contributed by atoms with van der Waals surface area (Å²) in [5, 5.41) is 3.75. The first-order valence-corrected chi connectivity index (χ1v) is 7.05. The molecule has 3 aromatic heterocycles. The molecule has 0 N–H and O–H groups in total. The van der Waals surface area contributed by atoms with Crippen molar-refractivity contribution in [3.05, 3.63) is 60.5 Å². The van der Waals surface area contributed by atoms with Crippen molar-refractivity contribution < 1.29 is 22.0 Å². The number of nitrogens with zero attached hydrogens (tertiary/aromatic N) is 4. The Morgan fingerprint density at radius 2 is 1.92 bits per heavy atom. The van der Waals surface area contributed by atoms with Crippen molar-refractivity contribution in [3.63, 3.8) is 0 Å². The van der Waals surface area contributed by atoms with E-state index in [1.807, 2.05) is 0 Å². The normalized spacial score (nSPS) is 12.0. The zero-order valence-corrected chi connectivity index (χ0v) is 12.3. The summed E-state index contributed by atoms with van der Waals surface area (Å²) in [5.41, 5.74) is -0.0248. The second-order valence-electron chi connectivity index (χ2n) is 5.17. The van der Waals surface area contributed by atoms with Crippen LogP contribution in [-0.4, -0.2) is 19.6 Å². The zero-order chi connectivity index (χ0) is 17.6. The zero-order valence-electron chi connectivity index (χ0n) is 12.3. The average molecular weight is 348 g/mol. The van der Waals surface area contributed by atoms with Crippen molar-refractivity contribution in [2.75, 3.05) is 0 Å². The van der Waals surface area contributed by atoms with Crippen LogP contribution in [0.25, 0.3) is 28.4 Å². The van der Waals surface area contributed by atoms with Gasteiger partial charge in [0.1, 0.15) is 11.6 Å². The average Bonchev–Trinajstić information content (AvgIpc) is 3.23. The van der Waals surface area contributed by atoms with Crippen LogP contribution in [0.15, 0.2) is 53.4 Å². The Morgan fingerprint density at radius 3 is 2.64 bits per heavy atom. The Morgan fingerprint density at radius 1 is 1.08 bits per heavy atom. The lowest BCUT2D eigenvalue weighted by molar-refractivity contribution is -0.141. The van der Waals surface area contributed by atoms with Crippen LogP contribution in [0.4, 0.5) is 17.6 Å². The van der Waals surface area contributed by atoms with Gasteiger partial charge in [-0.25, -0.2) is 14.4 Å². The van der Waals surface area contributed by atoms with Crippen LogP contribution in [0.2, 0.25) is 0 Å². The van der Waals surface area contributed by atoms with Gasteiger partial charge in [0, 0.05) is 5.56 Å². The van der Waals surface area contributed by atoms with Gasteiger partial charge in [-0.2, -0.15) is 22.8 Å². The van der Waals surface area contributed by atoms with E-state index in [-0.39, 0.29) is 11.3 Å². The largest absolute Gasteiger partial charge is 0.464 e. The summed E-state index contributed by atoms with van der Waals surface area (Å²) in [6, 6.07) is 7.46. The fourth-order valence-corrected chi connectivity index (χ4v) is 2.41. The maximum atomic E-state index is 14.0. The van der Waals surface area contributed by atoms with E-state index in [9.17, 15) is 17.6 Å². The van der Waals surface area contributed by atoms with Gasteiger partial charge in [-0.1, -0.05) is 0 Å². The molecule has 25 heavy (non-hydrogen) atoms. The third kappa shape index (κ3) is 2.63. The van der Waals surface area contributed by atoms with Crippen molar-refractivity contribution >= 4 is 5.78 Å². The van der Waals surface area contributed by atoms with E-state index in [1.165, 1.54) is 30.7 Å². The number of imidazole rings is 1. The molecule has 4 rings (SSSR count). The Bertz CT molecular complexity index is 1050. The Kier molecular flexibility index (Phi) is 3.31. The first-order valence-electron chi connectivity index (χ1n) is 7.05. The number of benzene rings is 1. The van der Waals surface area contributed by atoms with E-state index in [0.717, 1.165) is 4.52 Å². The number of furan rings is 1. The topological polar surface area (TPSA) is 56.2 Å². The minimum Gasteiger partial charge on any atom is -0.464 e. The first-order chi connectivity index (χ1) is 11.9. The van der Waals surface area contributed by atoms with Crippen LogP contribution in [-0.2, 0) is 6.18 Å². The minimum absolute atomic E-state index is 0.200. The molecule has 5 nitrogen and oxygen atoms in total. The van der Waals surface area contributed by atoms with Gasteiger partial charge in [-0.05, 0) is 30.3 Å². The minimum atomic E-state index is -4.61. The van der Waals surface area contributed by atoms with E-state index in [4.69, 9.17) is 4.42 Å². The Labute approximate surface area is 137 Å². The summed E-state index contributed by atoms with van der Waals surface area (Å²) in [7, 11) is 0. The molecule has 0 amide bonds. The lowest BCUT2D eigenvalue weighted by Crippen LogP contribution is -2.11. The number of fused-ring (bicyclic) bond motifs is 1. The molecule has 1 aromatic carbocycles. The molecule has 3 heterocycles. The summed E-state index contributed by atoms with van der Waals surface area (Å²) in [5.74, 6) is -0.356. The molecule has 0 bridgehead atoms. The molecule has 4 aromatic rings. The molecule has 126 valence electrons. The molecule has 0 spiro atoms. The highest BCUT2D eigenvalue weighted by Gasteiger charge is 2.33. The van der Waals surface area contributed by atoms with E-state index in [2.05, 4.69) is 15.1 Å².